The van der Waals surface area contributed by atoms with Crippen LogP contribution in [0, 0.1) is 0 Å². The normalized spacial score (nSPS) is 18.3. The second kappa shape index (κ2) is 6.49. The van der Waals surface area contributed by atoms with Crippen LogP contribution in [0.4, 0.5) is 5.69 Å². The van der Waals surface area contributed by atoms with E-state index in [1.54, 1.807) is 61.7 Å². The van der Waals surface area contributed by atoms with E-state index in [1.165, 1.54) is 10.3 Å². The molecule has 0 fully saturated rings. The molecule has 1 amide bonds. The Morgan fingerprint density at radius 3 is 2.50 bits per heavy atom. The number of amides is 1. The van der Waals surface area contributed by atoms with Crippen molar-refractivity contribution in [2.24, 2.45) is 0 Å². The topological polar surface area (TPSA) is 63.7 Å². The number of hydrogen-bond acceptors (Lipinski definition) is 4. The van der Waals surface area contributed by atoms with Gasteiger partial charge >= 0.3 is 0 Å². The second-order valence-corrected chi connectivity index (χ2v) is 7.40. The summed E-state index contributed by atoms with van der Waals surface area (Å²) in [5, 5.41) is 1.17. The van der Waals surface area contributed by atoms with Crippen molar-refractivity contribution in [3.8, 4) is 5.75 Å². The Kier molecular flexibility index (Phi) is 4.40. The number of benzene rings is 2. The van der Waals surface area contributed by atoms with Crippen LogP contribution in [0.3, 0.4) is 0 Å². The third-order valence-electron chi connectivity index (χ3n) is 3.81. The van der Waals surface area contributed by atoms with Crippen molar-refractivity contribution >= 4 is 21.4 Å². The highest BCUT2D eigenvalue weighted by Crippen LogP contribution is 2.27. The number of anilines is 1. The molecule has 0 spiro atoms. The van der Waals surface area contributed by atoms with Gasteiger partial charge in [-0.1, -0.05) is 24.3 Å². The van der Waals surface area contributed by atoms with Crippen molar-refractivity contribution in [1.82, 2.24) is 0 Å². The van der Waals surface area contributed by atoms with E-state index in [4.69, 9.17) is 4.74 Å². The Labute approximate surface area is 141 Å². The lowest BCUT2D eigenvalue weighted by molar-refractivity contribution is 0.0983. The second-order valence-electron chi connectivity index (χ2n) is 5.47. The summed E-state index contributed by atoms with van der Waals surface area (Å²) in [6, 6.07) is 15.3. The lowest BCUT2D eigenvalue weighted by atomic mass is 10.1. The molecule has 3 rings (SSSR count). The first kappa shape index (κ1) is 16.3. The summed E-state index contributed by atoms with van der Waals surface area (Å²) in [4.78, 5) is 14.5. The van der Waals surface area contributed by atoms with Gasteiger partial charge in [0.05, 0.1) is 18.9 Å². The van der Waals surface area contributed by atoms with Crippen molar-refractivity contribution < 1.29 is 17.9 Å². The number of rotatable bonds is 4. The van der Waals surface area contributed by atoms with Crippen molar-refractivity contribution in [1.29, 1.82) is 0 Å². The van der Waals surface area contributed by atoms with Crippen LogP contribution < -0.4 is 9.64 Å². The zero-order valence-corrected chi connectivity index (χ0v) is 13.9. The molecule has 2 aromatic rings. The number of hydrogen-bond donors (Lipinski definition) is 0. The molecule has 1 aliphatic rings. The largest absolute Gasteiger partial charge is 0.497 e. The molecule has 1 heterocycles. The average molecular weight is 343 g/mol. The predicted molar refractivity (Wildman–Crippen MR) is 93.0 cm³/mol. The number of carbonyl (C=O) groups excluding carboxylic acids is 1. The minimum atomic E-state index is -3.29. The molecule has 0 aromatic heterocycles. The van der Waals surface area contributed by atoms with E-state index >= 15 is 0 Å². The average Bonchev–Trinajstić information content (AvgIpc) is 2.95. The molecule has 0 radical (unpaired) electrons. The highest BCUT2D eigenvalue weighted by Gasteiger charge is 2.32. The van der Waals surface area contributed by atoms with Gasteiger partial charge in [-0.3, -0.25) is 4.79 Å². The van der Waals surface area contributed by atoms with E-state index in [0.29, 0.717) is 17.0 Å². The first-order chi connectivity index (χ1) is 11.5. The zero-order valence-electron chi connectivity index (χ0n) is 13.1. The molecule has 0 unspecified atom stereocenters. The summed E-state index contributed by atoms with van der Waals surface area (Å²) >= 11 is 0. The Hall–Kier alpha value is -2.60. The molecular formula is C18H17NO4S. The molecule has 0 saturated carbocycles. The maximum atomic E-state index is 13.0. The molecule has 0 N–H and O–H groups in total. The number of nitrogens with zero attached hydrogens (tertiary/aromatic N) is 1. The molecule has 5 nitrogen and oxygen atoms in total. The highest BCUT2D eigenvalue weighted by atomic mass is 32.2. The van der Waals surface area contributed by atoms with Crippen LogP contribution in [-0.2, 0) is 9.84 Å². The fourth-order valence-corrected chi connectivity index (χ4v) is 3.93. The van der Waals surface area contributed by atoms with Gasteiger partial charge in [-0.25, -0.2) is 8.42 Å². The third-order valence-corrected chi connectivity index (χ3v) is 5.19. The van der Waals surface area contributed by atoms with E-state index in [1.807, 2.05) is 6.07 Å². The first-order valence-corrected chi connectivity index (χ1v) is 9.15. The monoisotopic (exact) mass is 343 g/mol. The Morgan fingerprint density at radius 2 is 1.88 bits per heavy atom. The third kappa shape index (κ3) is 3.33. The van der Waals surface area contributed by atoms with E-state index < -0.39 is 15.9 Å². The molecule has 24 heavy (non-hydrogen) atoms. The maximum Gasteiger partial charge on any atom is 0.258 e. The van der Waals surface area contributed by atoms with Crippen LogP contribution in [0.5, 0.6) is 5.75 Å². The van der Waals surface area contributed by atoms with Crippen LogP contribution in [0.15, 0.2) is 66.1 Å². The van der Waals surface area contributed by atoms with Crippen LogP contribution >= 0.6 is 0 Å². The van der Waals surface area contributed by atoms with Gasteiger partial charge in [0.15, 0.2) is 9.84 Å². The summed E-state index contributed by atoms with van der Waals surface area (Å²) in [7, 11) is -1.74. The summed E-state index contributed by atoms with van der Waals surface area (Å²) < 4.78 is 28.8. The minimum absolute atomic E-state index is 0.122. The van der Waals surface area contributed by atoms with E-state index in [2.05, 4.69) is 0 Å². The number of methoxy groups -OCH3 is 1. The maximum absolute atomic E-state index is 13.0. The zero-order chi connectivity index (χ0) is 17.2. The lowest BCUT2D eigenvalue weighted by Gasteiger charge is -2.28. The number of carbonyl (C=O) groups is 1. The van der Waals surface area contributed by atoms with E-state index in [9.17, 15) is 13.2 Å². The fraction of sp³-hybridized carbons (Fsp3) is 0.167. The van der Waals surface area contributed by atoms with Crippen molar-refractivity contribution in [3.63, 3.8) is 0 Å². The summed E-state index contributed by atoms with van der Waals surface area (Å²) in [5.74, 6) is 0.224. The molecule has 6 heteroatoms. The molecule has 124 valence electrons. The van der Waals surface area contributed by atoms with Crippen LogP contribution in [0.1, 0.15) is 10.4 Å². The van der Waals surface area contributed by atoms with Crippen molar-refractivity contribution in [2.75, 3.05) is 17.8 Å². The molecular weight excluding hydrogens is 326 g/mol. The van der Waals surface area contributed by atoms with Gasteiger partial charge in [0.25, 0.3) is 5.91 Å². The van der Waals surface area contributed by atoms with Gasteiger partial charge in [-0.05, 0) is 30.3 Å². The fourth-order valence-electron chi connectivity index (χ4n) is 2.66. The Balaban J connectivity index is 2.04. The van der Waals surface area contributed by atoms with Gasteiger partial charge in [-0.2, -0.15) is 0 Å². The van der Waals surface area contributed by atoms with Crippen LogP contribution in [0.2, 0.25) is 0 Å². The SMILES string of the molecule is COc1cccc(N(C(=O)c2ccccc2)[C@H]2C=CS(=O)(=O)C2)c1. The summed E-state index contributed by atoms with van der Waals surface area (Å²) in [6.45, 7) is 0. The molecule has 2 aromatic carbocycles. The van der Waals surface area contributed by atoms with Gasteiger partial charge in [0.1, 0.15) is 5.75 Å². The van der Waals surface area contributed by atoms with Crippen molar-refractivity contribution in [3.05, 3.63) is 71.6 Å². The van der Waals surface area contributed by atoms with Gasteiger partial charge in [0.2, 0.25) is 0 Å². The number of sulfone groups is 1. The highest BCUT2D eigenvalue weighted by molar-refractivity contribution is 7.94. The summed E-state index contributed by atoms with van der Waals surface area (Å²) in [6.07, 6.45) is 1.55. The number of ether oxygens (including phenoxy) is 1. The van der Waals surface area contributed by atoms with E-state index in [-0.39, 0.29) is 11.7 Å². The Morgan fingerprint density at radius 1 is 1.12 bits per heavy atom. The summed E-state index contributed by atoms with van der Waals surface area (Å²) in [5.41, 5.74) is 1.09. The quantitative estimate of drug-likeness (QED) is 0.856. The van der Waals surface area contributed by atoms with Crippen LogP contribution in [0.25, 0.3) is 0 Å². The molecule has 1 atom stereocenters. The van der Waals surface area contributed by atoms with Crippen LogP contribution in [-0.4, -0.2) is 33.2 Å². The van der Waals surface area contributed by atoms with E-state index in [0.717, 1.165) is 0 Å². The van der Waals surface area contributed by atoms with Gasteiger partial charge in [-0.15, -0.1) is 0 Å². The Bertz CT molecular complexity index is 875. The lowest BCUT2D eigenvalue weighted by Crippen LogP contribution is -2.41. The van der Waals surface area contributed by atoms with Gasteiger partial charge in [0, 0.05) is 22.7 Å². The molecule has 0 aliphatic carbocycles. The standard InChI is InChI=1S/C18H17NO4S/c1-23-17-9-5-8-15(12-17)19(16-10-11-24(21,22)13-16)18(20)14-6-3-2-4-7-14/h2-12,16H,13H2,1H3/t16-/m0/s1. The smallest absolute Gasteiger partial charge is 0.258 e. The molecule has 1 aliphatic heterocycles. The minimum Gasteiger partial charge on any atom is -0.497 e. The van der Waals surface area contributed by atoms with Gasteiger partial charge < -0.3 is 9.64 Å². The molecule has 0 bridgehead atoms. The van der Waals surface area contributed by atoms with Crippen molar-refractivity contribution in [2.45, 2.75) is 6.04 Å². The molecule has 0 saturated heterocycles. The predicted octanol–water partition coefficient (Wildman–Crippen LogP) is 2.65. The first-order valence-electron chi connectivity index (χ1n) is 7.44.